The fourth-order valence-corrected chi connectivity index (χ4v) is 3.42. The zero-order valence-corrected chi connectivity index (χ0v) is 12.4. The average molecular weight is 262 g/mol. The lowest BCUT2D eigenvalue weighted by atomic mass is 9.74. The Hall–Kier alpha value is -0.860. The van der Waals surface area contributed by atoms with E-state index in [2.05, 4.69) is 38.1 Å². The van der Waals surface area contributed by atoms with Crippen molar-refractivity contribution in [1.82, 2.24) is 0 Å². The molecule has 2 nitrogen and oxygen atoms in total. The lowest BCUT2D eigenvalue weighted by Gasteiger charge is -2.42. The van der Waals surface area contributed by atoms with Crippen LogP contribution in [0.25, 0.3) is 0 Å². The number of aliphatic hydroxyl groups is 1. The molecule has 0 heterocycles. The van der Waals surface area contributed by atoms with Gasteiger partial charge in [-0.15, -0.1) is 0 Å². The Labute approximate surface area is 116 Å². The zero-order chi connectivity index (χ0) is 13.9. The highest BCUT2D eigenvalue weighted by molar-refractivity contribution is 5.23. The molecular formula is C17H26O2. The third-order valence-corrected chi connectivity index (χ3v) is 4.52. The summed E-state index contributed by atoms with van der Waals surface area (Å²) < 4.78 is 5.76. The van der Waals surface area contributed by atoms with Crippen LogP contribution in [0.4, 0.5) is 0 Å². The summed E-state index contributed by atoms with van der Waals surface area (Å²) in [7, 11) is 1.75. The number of aliphatic hydroxyl groups excluding tert-OH is 1. The summed E-state index contributed by atoms with van der Waals surface area (Å²) in [6, 6.07) is 8.38. The van der Waals surface area contributed by atoms with Gasteiger partial charge in [0.05, 0.1) is 11.7 Å². The highest BCUT2D eigenvalue weighted by Gasteiger charge is 2.41. The number of rotatable bonds is 4. The van der Waals surface area contributed by atoms with Gasteiger partial charge < -0.3 is 9.84 Å². The first-order chi connectivity index (χ1) is 9.05. The first-order valence-electron chi connectivity index (χ1n) is 7.34. The second kappa shape index (κ2) is 6.06. The molecule has 0 radical (unpaired) electrons. The largest absolute Gasteiger partial charge is 0.390 e. The van der Waals surface area contributed by atoms with E-state index in [-0.39, 0.29) is 5.60 Å². The summed E-state index contributed by atoms with van der Waals surface area (Å²) in [6.07, 6.45) is 4.61. The second-order valence-corrected chi connectivity index (χ2v) is 6.18. The summed E-state index contributed by atoms with van der Waals surface area (Å²) in [5.41, 5.74) is 2.09. The van der Waals surface area contributed by atoms with Crippen molar-refractivity contribution >= 4 is 0 Å². The van der Waals surface area contributed by atoms with Crippen LogP contribution in [0.3, 0.4) is 0 Å². The molecule has 0 aromatic heterocycles. The van der Waals surface area contributed by atoms with Gasteiger partial charge >= 0.3 is 0 Å². The van der Waals surface area contributed by atoms with Crippen LogP contribution in [-0.4, -0.2) is 23.9 Å². The number of ether oxygens (including phenoxy) is 1. The zero-order valence-electron chi connectivity index (χ0n) is 12.4. The molecule has 2 rings (SSSR count). The number of benzene rings is 1. The Morgan fingerprint density at radius 3 is 2.89 bits per heavy atom. The smallest absolute Gasteiger partial charge is 0.0942 e. The molecular weight excluding hydrogens is 236 g/mol. The molecule has 19 heavy (non-hydrogen) atoms. The third-order valence-electron chi connectivity index (χ3n) is 4.52. The number of methoxy groups -OCH3 is 1. The van der Waals surface area contributed by atoms with E-state index in [9.17, 15) is 5.11 Å². The van der Waals surface area contributed by atoms with Crippen molar-refractivity contribution in [2.45, 2.75) is 57.7 Å². The summed E-state index contributed by atoms with van der Waals surface area (Å²) in [5.74, 6) is 0.640. The minimum Gasteiger partial charge on any atom is -0.390 e. The summed E-state index contributed by atoms with van der Waals surface area (Å²) in [6.45, 7) is 4.34. The van der Waals surface area contributed by atoms with E-state index in [0.717, 1.165) is 19.3 Å². The molecule has 0 spiro atoms. The molecule has 1 saturated carbocycles. The average Bonchev–Trinajstić information content (AvgIpc) is 2.38. The van der Waals surface area contributed by atoms with Crippen molar-refractivity contribution < 1.29 is 9.84 Å². The van der Waals surface area contributed by atoms with Gasteiger partial charge in [0.2, 0.25) is 0 Å². The van der Waals surface area contributed by atoms with Crippen LogP contribution < -0.4 is 0 Å². The standard InChI is InChI=1S/C17H26O2/c1-13-6-4-8-15(10-13)11-16(18)17(19-3)9-5-7-14(2)12-17/h4,6,8,10,14,16,18H,5,7,9,11-12H2,1-3H3. The van der Waals surface area contributed by atoms with Gasteiger partial charge in [-0.3, -0.25) is 0 Å². The van der Waals surface area contributed by atoms with E-state index in [4.69, 9.17) is 4.74 Å². The number of hydrogen-bond acceptors (Lipinski definition) is 2. The van der Waals surface area contributed by atoms with Gasteiger partial charge in [0, 0.05) is 13.5 Å². The Balaban J connectivity index is 2.10. The first-order valence-corrected chi connectivity index (χ1v) is 7.34. The molecule has 1 aromatic rings. The molecule has 1 N–H and O–H groups in total. The Morgan fingerprint density at radius 2 is 2.26 bits per heavy atom. The van der Waals surface area contributed by atoms with E-state index in [1.165, 1.54) is 17.5 Å². The van der Waals surface area contributed by atoms with Gasteiger partial charge in [-0.1, -0.05) is 49.6 Å². The fraction of sp³-hybridized carbons (Fsp3) is 0.647. The maximum atomic E-state index is 10.7. The van der Waals surface area contributed by atoms with Crippen LogP contribution >= 0.6 is 0 Å². The fourth-order valence-electron chi connectivity index (χ4n) is 3.42. The highest BCUT2D eigenvalue weighted by atomic mass is 16.5. The van der Waals surface area contributed by atoms with Gasteiger partial charge in [-0.05, 0) is 31.2 Å². The molecule has 3 atom stereocenters. The van der Waals surface area contributed by atoms with E-state index in [1.807, 2.05) is 0 Å². The third kappa shape index (κ3) is 3.37. The van der Waals surface area contributed by atoms with Crippen molar-refractivity contribution in [3.8, 4) is 0 Å². The predicted molar refractivity (Wildman–Crippen MR) is 78.3 cm³/mol. The molecule has 0 bridgehead atoms. The molecule has 3 unspecified atom stereocenters. The van der Waals surface area contributed by atoms with Crippen molar-refractivity contribution in [3.63, 3.8) is 0 Å². The van der Waals surface area contributed by atoms with Crippen LogP contribution in [0.15, 0.2) is 24.3 Å². The van der Waals surface area contributed by atoms with Crippen LogP contribution in [0, 0.1) is 12.8 Å². The second-order valence-electron chi connectivity index (χ2n) is 6.18. The van der Waals surface area contributed by atoms with E-state index < -0.39 is 6.10 Å². The monoisotopic (exact) mass is 262 g/mol. The topological polar surface area (TPSA) is 29.5 Å². The molecule has 0 saturated heterocycles. The van der Waals surface area contributed by atoms with Crippen LogP contribution in [0.5, 0.6) is 0 Å². The molecule has 1 aliphatic rings. The van der Waals surface area contributed by atoms with Crippen LogP contribution in [0.2, 0.25) is 0 Å². The van der Waals surface area contributed by atoms with Crippen LogP contribution in [-0.2, 0) is 11.2 Å². The van der Waals surface area contributed by atoms with Gasteiger partial charge in [-0.25, -0.2) is 0 Å². The normalized spacial score (nSPS) is 29.2. The number of hydrogen-bond donors (Lipinski definition) is 1. The predicted octanol–water partition coefficient (Wildman–Crippen LogP) is 3.49. The highest BCUT2D eigenvalue weighted by Crippen LogP contribution is 2.38. The summed E-state index contributed by atoms with van der Waals surface area (Å²) in [4.78, 5) is 0. The molecule has 0 amide bonds. The minimum absolute atomic E-state index is 0.346. The van der Waals surface area contributed by atoms with E-state index in [0.29, 0.717) is 12.3 Å². The Bertz CT molecular complexity index is 415. The summed E-state index contributed by atoms with van der Waals surface area (Å²) >= 11 is 0. The van der Waals surface area contributed by atoms with Gasteiger partial charge in [0.1, 0.15) is 0 Å². The Morgan fingerprint density at radius 1 is 1.47 bits per heavy atom. The number of aryl methyl sites for hydroxylation is 1. The van der Waals surface area contributed by atoms with E-state index in [1.54, 1.807) is 7.11 Å². The minimum atomic E-state index is -0.415. The lowest BCUT2D eigenvalue weighted by molar-refractivity contribution is -0.131. The summed E-state index contributed by atoms with van der Waals surface area (Å²) in [5, 5.41) is 10.7. The maximum Gasteiger partial charge on any atom is 0.0942 e. The van der Waals surface area contributed by atoms with Crippen molar-refractivity contribution in [2.75, 3.05) is 7.11 Å². The van der Waals surface area contributed by atoms with Gasteiger partial charge in [0.25, 0.3) is 0 Å². The Kier molecular flexibility index (Phi) is 4.64. The van der Waals surface area contributed by atoms with E-state index >= 15 is 0 Å². The van der Waals surface area contributed by atoms with Gasteiger partial charge in [-0.2, -0.15) is 0 Å². The van der Waals surface area contributed by atoms with Crippen molar-refractivity contribution in [1.29, 1.82) is 0 Å². The molecule has 0 aliphatic heterocycles. The molecule has 2 heteroatoms. The maximum absolute atomic E-state index is 10.7. The quantitative estimate of drug-likeness (QED) is 0.900. The molecule has 1 aromatic carbocycles. The van der Waals surface area contributed by atoms with Crippen molar-refractivity contribution in [3.05, 3.63) is 35.4 Å². The molecule has 1 aliphatic carbocycles. The lowest BCUT2D eigenvalue weighted by Crippen LogP contribution is -2.48. The molecule has 106 valence electrons. The van der Waals surface area contributed by atoms with Crippen molar-refractivity contribution in [2.24, 2.45) is 5.92 Å². The van der Waals surface area contributed by atoms with Gasteiger partial charge in [0.15, 0.2) is 0 Å². The van der Waals surface area contributed by atoms with Crippen LogP contribution in [0.1, 0.15) is 43.7 Å². The molecule has 1 fully saturated rings. The SMILES string of the molecule is COC1(C(O)Cc2cccc(C)c2)CCCC(C)C1. The first kappa shape index (κ1) is 14.5.